The lowest BCUT2D eigenvalue weighted by Crippen LogP contribution is -2.14. The Labute approximate surface area is 126 Å². The van der Waals surface area contributed by atoms with Gasteiger partial charge in [-0.2, -0.15) is 0 Å². The summed E-state index contributed by atoms with van der Waals surface area (Å²) in [5.41, 5.74) is 1.23. The Kier molecular flexibility index (Phi) is 5.64. The van der Waals surface area contributed by atoms with Crippen LogP contribution in [-0.4, -0.2) is 13.7 Å². The van der Waals surface area contributed by atoms with Crippen LogP contribution in [0.4, 0.5) is 0 Å². The summed E-state index contributed by atoms with van der Waals surface area (Å²) in [5, 5.41) is 3.31. The summed E-state index contributed by atoms with van der Waals surface area (Å²) >= 11 is 0. The van der Waals surface area contributed by atoms with Crippen molar-refractivity contribution in [1.82, 2.24) is 5.32 Å². The first-order valence-corrected chi connectivity index (χ1v) is 7.45. The van der Waals surface area contributed by atoms with E-state index in [4.69, 9.17) is 9.47 Å². The van der Waals surface area contributed by atoms with E-state index in [2.05, 4.69) is 24.4 Å². The maximum Gasteiger partial charge on any atom is 0.169 e. The molecule has 1 unspecified atom stereocenters. The van der Waals surface area contributed by atoms with Gasteiger partial charge in [0, 0.05) is 6.04 Å². The van der Waals surface area contributed by atoms with Crippen LogP contribution in [0.15, 0.2) is 48.5 Å². The van der Waals surface area contributed by atoms with Gasteiger partial charge in [-0.1, -0.05) is 31.2 Å². The number of benzene rings is 2. The lowest BCUT2D eigenvalue weighted by Gasteiger charge is -2.16. The molecule has 0 bridgehead atoms. The van der Waals surface area contributed by atoms with Gasteiger partial charge < -0.3 is 14.8 Å². The Hall–Kier alpha value is -2.00. The summed E-state index contributed by atoms with van der Waals surface area (Å²) in [6.07, 6.45) is 1.04. The standard InChI is InChI=1S/C18H23NO2/c1-4-16(19-3)14-9-8-10-15(13-14)21-18-12-7-6-11-17(18)20-5-2/h6-13,16,19H,4-5H2,1-3H3. The third-order valence-electron chi connectivity index (χ3n) is 3.39. The van der Waals surface area contributed by atoms with Crippen molar-refractivity contribution in [3.63, 3.8) is 0 Å². The Morgan fingerprint density at radius 2 is 1.76 bits per heavy atom. The highest BCUT2D eigenvalue weighted by Gasteiger charge is 2.09. The molecule has 3 heteroatoms. The summed E-state index contributed by atoms with van der Waals surface area (Å²) in [6.45, 7) is 4.76. The number of ether oxygens (including phenoxy) is 2. The van der Waals surface area contributed by atoms with Crippen LogP contribution in [0.25, 0.3) is 0 Å². The van der Waals surface area contributed by atoms with Crippen molar-refractivity contribution < 1.29 is 9.47 Å². The third kappa shape index (κ3) is 3.99. The van der Waals surface area contributed by atoms with E-state index < -0.39 is 0 Å². The molecular formula is C18H23NO2. The second kappa shape index (κ2) is 7.70. The van der Waals surface area contributed by atoms with E-state index in [1.807, 2.05) is 50.4 Å². The SMILES string of the molecule is CCOc1ccccc1Oc1cccc(C(CC)NC)c1. The van der Waals surface area contributed by atoms with Gasteiger partial charge in [0.05, 0.1) is 6.61 Å². The average Bonchev–Trinajstić information content (AvgIpc) is 2.51. The first kappa shape index (κ1) is 15.4. The number of nitrogens with one attached hydrogen (secondary N) is 1. The third-order valence-corrected chi connectivity index (χ3v) is 3.39. The van der Waals surface area contributed by atoms with Gasteiger partial charge >= 0.3 is 0 Å². The molecule has 0 aliphatic heterocycles. The maximum absolute atomic E-state index is 5.99. The van der Waals surface area contributed by atoms with Gasteiger partial charge in [-0.15, -0.1) is 0 Å². The van der Waals surface area contributed by atoms with Crippen molar-refractivity contribution in [3.05, 3.63) is 54.1 Å². The number of para-hydroxylation sites is 2. The van der Waals surface area contributed by atoms with E-state index in [-0.39, 0.29) is 0 Å². The van der Waals surface area contributed by atoms with Crippen LogP contribution in [0.3, 0.4) is 0 Å². The molecule has 1 N–H and O–H groups in total. The molecule has 0 fully saturated rings. The molecule has 1 atom stereocenters. The van der Waals surface area contributed by atoms with E-state index >= 15 is 0 Å². The van der Waals surface area contributed by atoms with Gasteiger partial charge in [-0.25, -0.2) is 0 Å². The monoisotopic (exact) mass is 285 g/mol. The molecule has 2 aromatic rings. The molecule has 2 aromatic carbocycles. The van der Waals surface area contributed by atoms with Gasteiger partial charge in [-0.3, -0.25) is 0 Å². The predicted molar refractivity (Wildman–Crippen MR) is 86.2 cm³/mol. The second-order valence-corrected chi connectivity index (χ2v) is 4.80. The molecule has 0 amide bonds. The van der Waals surface area contributed by atoms with Gasteiger partial charge in [0.1, 0.15) is 5.75 Å². The number of rotatable bonds is 7. The first-order chi connectivity index (χ1) is 10.3. The van der Waals surface area contributed by atoms with Gasteiger partial charge in [-0.05, 0) is 50.2 Å². The van der Waals surface area contributed by atoms with Crippen molar-refractivity contribution in [2.75, 3.05) is 13.7 Å². The molecule has 0 radical (unpaired) electrons. The molecule has 0 spiro atoms. The zero-order valence-corrected chi connectivity index (χ0v) is 12.9. The molecule has 2 rings (SSSR count). The molecule has 0 aliphatic rings. The maximum atomic E-state index is 5.99. The summed E-state index contributed by atoms with van der Waals surface area (Å²) in [5.74, 6) is 2.34. The largest absolute Gasteiger partial charge is 0.490 e. The van der Waals surface area contributed by atoms with Crippen molar-refractivity contribution in [2.45, 2.75) is 26.3 Å². The zero-order valence-electron chi connectivity index (χ0n) is 12.9. The van der Waals surface area contributed by atoms with Crippen LogP contribution in [-0.2, 0) is 0 Å². The van der Waals surface area contributed by atoms with E-state index in [1.54, 1.807) is 0 Å². The van der Waals surface area contributed by atoms with Crippen molar-refractivity contribution >= 4 is 0 Å². The van der Waals surface area contributed by atoms with E-state index in [1.165, 1.54) is 5.56 Å². The van der Waals surface area contributed by atoms with Gasteiger partial charge in [0.2, 0.25) is 0 Å². The minimum absolute atomic E-state index is 0.343. The van der Waals surface area contributed by atoms with Gasteiger partial charge in [0.25, 0.3) is 0 Å². The fourth-order valence-corrected chi connectivity index (χ4v) is 2.34. The Morgan fingerprint density at radius 1 is 1.00 bits per heavy atom. The molecule has 3 nitrogen and oxygen atoms in total. The first-order valence-electron chi connectivity index (χ1n) is 7.45. The normalized spacial score (nSPS) is 12.0. The van der Waals surface area contributed by atoms with Gasteiger partial charge in [0.15, 0.2) is 11.5 Å². The van der Waals surface area contributed by atoms with Crippen molar-refractivity contribution in [1.29, 1.82) is 0 Å². The molecule has 0 aliphatic carbocycles. The van der Waals surface area contributed by atoms with Crippen LogP contribution < -0.4 is 14.8 Å². The summed E-state index contributed by atoms with van der Waals surface area (Å²) in [6, 6.07) is 16.3. The fraction of sp³-hybridized carbons (Fsp3) is 0.333. The van der Waals surface area contributed by atoms with E-state index in [9.17, 15) is 0 Å². The molecule has 21 heavy (non-hydrogen) atoms. The van der Waals surface area contributed by atoms with Crippen LogP contribution in [0.1, 0.15) is 31.9 Å². The van der Waals surface area contributed by atoms with E-state index in [0.717, 1.165) is 23.7 Å². The lowest BCUT2D eigenvalue weighted by molar-refractivity contribution is 0.321. The topological polar surface area (TPSA) is 30.5 Å². The quantitative estimate of drug-likeness (QED) is 0.809. The van der Waals surface area contributed by atoms with Crippen molar-refractivity contribution in [2.24, 2.45) is 0 Å². The van der Waals surface area contributed by atoms with Crippen LogP contribution >= 0.6 is 0 Å². The summed E-state index contributed by atoms with van der Waals surface area (Å²) in [4.78, 5) is 0. The zero-order chi connectivity index (χ0) is 15.1. The second-order valence-electron chi connectivity index (χ2n) is 4.80. The predicted octanol–water partition coefficient (Wildman–Crippen LogP) is 4.55. The Bertz CT molecular complexity index is 565. The molecule has 0 saturated heterocycles. The molecule has 112 valence electrons. The van der Waals surface area contributed by atoms with Crippen LogP contribution in [0, 0.1) is 0 Å². The van der Waals surface area contributed by atoms with E-state index in [0.29, 0.717) is 12.6 Å². The Morgan fingerprint density at radius 3 is 2.43 bits per heavy atom. The number of hydrogen-bond donors (Lipinski definition) is 1. The molecule has 0 aromatic heterocycles. The highest BCUT2D eigenvalue weighted by atomic mass is 16.5. The van der Waals surface area contributed by atoms with Crippen molar-refractivity contribution in [3.8, 4) is 17.2 Å². The molecule has 0 heterocycles. The fourth-order valence-electron chi connectivity index (χ4n) is 2.34. The highest BCUT2D eigenvalue weighted by Crippen LogP contribution is 2.32. The minimum Gasteiger partial charge on any atom is -0.490 e. The number of hydrogen-bond acceptors (Lipinski definition) is 3. The molecule has 0 saturated carbocycles. The molecular weight excluding hydrogens is 262 g/mol. The van der Waals surface area contributed by atoms with Crippen LogP contribution in [0.5, 0.6) is 17.2 Å². The highest BCUT2D eigenvalue weighted by molar-refractivity contribution is 5.43. The summed E-state index contributed by atoms with van der Waals surface area (Å²) < 4.78 is 11.6. The minimum atomic E-state index is 0.343. The Balaban J connectivity index is 2.22. The smallest absolute Gasteiger partial charge is 0.169 e. The lowest BCUT2D eigenvalue weighted by atomic mass is 10.0. The average molecular weight is 285 g/mol. The summed E-state index contributed by atoms with van der Waals surface area (Å²) in [7, 11) is 1.98. The van der Waals surface area contributed by atoms with Crippen LogP contribution in [0.2, 0.25) is 0 Å².